The van der Waals surface area contributed by atoms with Crippen molar-refractivity contribution in [3.05, 3.63) is 0 Å². The predicted molar refractivity (Wildman–Crippen MR) is 88.1 cm³/mol. The number of rotatable bonds is 4. The molecule has 5 saturated carbocycles. The van der Waals surface area contributed by atoms with E-state index in [4.69, 9.17) is 5.73 Å². The number of nitrogens with two attached hydrogens (primary N) is 1. The highest BCUT2D eigenvalue weighted by atomic mass is 15.2. The van der Waals surface area contributed by atoms with Crippen molar-refractivity contribution in [2.75, 3.05) is 13.1 Å². The van der Waals surface area contributed by atoms with Crippen LogP contribution >= 0.6 is 0 Å². The zero-order valence-electron chi connectivity index (χ0n) is 13.9. The quantitative estimate of drug-likeness (QED) is 0.853. The third-order valence-corrected chi connectivity index (χ3v) is 7.37. The molecule has 0 atom stereocenters. The maximum Gasteiger partial charge on any atom is 0.00965 e. The smallest absolute Gasteiger partial charge is 0.00965 e. The average Bonchev–Trinajstić information content (AvgIpc) is 2.44. The first-order valence-corrected chi connectivity index (χ1v) is 9.65. The summed E-state index contributed by atoms with van der Waals surface area (Å²) < 4.78 is 0. The summed E-state index contributed by atoms with van der Waals surface area (Å²) in [6.07, 6.45) is 14.6. The standard InChI is InChI=1S/C19H34N2/c1-2-21(18-5-3-17(20)4-6-18)13-19-10-14-7-15(11-19)9-16(8-14)12-19/h14-18H,2-13,20H2,1H3. The Bertz CT molecular complexity index is 334. The van der Waals surface area contributed by atoms with E-state index in [0.29, 0.717) is 11.5 Å². The van der Waals surface area contributed by atoms with Crippen LogP contribution in [0, 0.1) is 23.2 Å². The van der Waals surface area contributed by atoms with Crippen LogP contribution in [0.25, 0.3) is 0 Å². The third-order valence-electron chi connectivity index (χ3n) is 7.37. The molecule has 5 aliphatic carbocycles. The summed E-state index contributed by atoms with van der Waals surface area (Å²) in [4.78, 5) is 2.86. The maximum atomic E-state index is 6.11. The van der Waals surface area contributed by atoms with Crippen LogP contribution in [0.3, 0.4) is 0 Å². The summed E-state index contributed by atoms with van der Waals surface area (Å²) in [5.41, 5.74) is 6.82. The van der Waals surface area contributed by atoms with Gasteiger partial charge in [-0.1, -0.05) is 6.92 Å². The highest BCUT2D eigenvalue weighted by molar-refractivity contribution is 5.03. The SMILES string of the molecule is CCN(CC12CC3CC(CC(C3)C1)C2)C1CCC(N)CC1. The minimum absolute atomic E-state index is 0.486. The van der Waals surface area contributed by atoms with Gasteiger partial charge in [0.25, 0.3) is 0 Å². The number of nitrogens with zero attached hydrogens (tertiary/aromatic N) is 1. The molecule has 2 N–H and O–H groups in total. The van der Waals surface area contributed by atoms with Crippen molar-refractivity contribution in [1.82, 2.24) is 4.90 Å². The van der Waals surface area contributed by atoms with E-state index in [9.17, 15) is 0 Å². The van der Waals surface area contributed by atoms with Gasteiger partial charge in [-0.15, -0.1) is 0 Å². The lowest BCUT2D eigenvalue weighted by molar-refractivity contribution is -0.0757. The van der Waals surface area contributed by atoms with Gasteiger partial charge in [0, 0.05) is 18.6 Å². The van der Waals surface area contributed by atoms with Gasteiger partial charge in [0.05, 0.1) is 0 Å². The highest BCUT2D eigenvalue weighted by Gasteiger charge is 2.51. The summed E-state index contributed by atoms with van der Waals surface area (Å²) in [5, 5.41) is 0. The van der Waals surface area contributed by atoms with Crippen LogP contribution < -0.4 is 5.73 Å². The zero-order valence-corrected chi connectivity index (χ0v) is 13.9. The Morgan fingerprint density at radius 1 is 0.905 bits per heavy atom. The molecule has 0 spiro atoms. The second-order valence-corrected chi connectivity index (χ2v) is 9.05. The van der Waals surface area contributed by atoms with Crippen LogP contribution in [0.2, 0.25) is 0 Å². The Labute approximate surface area is 130 Å². The molecule has 0 aromatic heterocycles. The number of hydrogen-bond donors (Lipinski definition) is 1. The van der Waals surface area contributed by atoms with Crippen LogP contribution in [0.1, 0.15) is 71.1 Å². The van der Waals surface area contributed by atoms with E-state index in [2.05, 4.69) is 11.8 Å². The van der Waals surface area contributed by atoms with Crippen molar-refractivity contribution < 1.29 is 0 Å². The summed E-state index contributed by atoms with van der Waals surface area (Å²) in [7, 11) is 0. The van der Waals surface area contributed by atoms with Crippen LogP contribution in [0.4, 0.5) is 0 Å². The summed E-state index contributed by atoms with van der Waals surface area (Å²) in [6.45, 7) is 5.05. The average molecular weight is 290 g/mol. The van der Waals surface area contributed by atoms with Gasteiger partial charge in [0.15, 0.2) is 0 Å². The molecule has 5 rings (SSSR count). The van der Waals surface area contributed by atoms with E-state index in [0.717, 1.165) is 23.8 Å². The molecule has 120 valence electrons. The molecule has 5 fully saturated rings. The van der Waals surface area contributed by atoms with E-state index < -0.39 is 0 Å². The molecule has 0 aromatic carbocycles. The van der Waals surface area contributed by atoms with Gasteiger partial charge in [-0.05, 0) is 93.9 Å². The first-order valence-electron chi connectivity index (χ1n) is 9.65. The van der Waals surface area contributed by atoms with E-state index in [1.54, 1.807) is 38.5 Å². The van der Waals surface area contributed by atoms with E-state index >= 15 is 0 Å². The normalized spacial score (nSPS) is 49.0. The molecule has 2 heteroatoms. The second-order valence-electron chi connectivity index (χ2n) is 9.05. The number of hydrogen-bond acceptors (Lipinski definition) is 2. The molecule has 5 aliphatic rings. The highest BCUT2D eigenvalue weighted by Crippen LogP contribution is 2.60. The van der Waals surface area contributed by atoms with Gasteiger partial charge in [0.2, 0.25) is 0 Å². The van der Waals surface area contributed by atoms with E-state index in [1.165, 1.54) is 38.8 Å². The maximum absolute atomic E-state index is 6.11. The molecule has 2 nitrogen and oxygen atoms in total. The molecule has 0 unspecified atom stereocenters. The first kappa shape index (κ1) is 14.5. The van der Waals surface area contributed by atoms with Crippen LogP contribution in [-0.4, -0.2) is 30.1 Å². The lowest BCUT2D eigenvalue weighted by Gasteiger charge is -2.58. The molecular formula is C19H34N2. The zero-order chi connectivity index (χ0) is 14.4. The Balaban J connectivity index is 1.44. The fraction of sp³-hybridized carbons (Fsp3) is 1.00. The Kier molecular flexibility index (Phi) is 3.82. The van der Waals surface area contributed by atoms with Crippen molar-refractivity contribution in [2.24, 2.45) is 28.9 Å². The molecule has 0 aromatic rings. The third kappa shape index (κ3) is 2.79. The van der Waals surface area contributed by atoms with Gasteiger partial charge in [-0.2, -0.15) is 0 Å². The van der Waals surface area contributed by atoms with Crippen molar-refractivity contribution in [2.45, 2.75) is 83.2 Å². The molecule has 0 heterocycles. The molecule has 0 aliphatic heterocycles. The monoisotopic (exact) mass is 290 g/mol. The van der Waals surface area contributed by atoms with Gasteiger partial charge in [0.1, 0.15) is 0 Å². The van der Waals surface area contributed by atoms with Crippen molar-refractivity contribution in [1.29, 1.82) is 0 Å². The fourth-order valence-electron chi connectivity index (χ4n) is 6.88. The lowest BCUT2D eigenvalue weighted by atomic mass is 9.49. The van der Waals surface area contributed by atoms with E-state index in [-0.39, 0.29) is 0 Å². The topological polar surface area (TPSA) is 29.3 Å². The van der Waals surface area contributed by atoms with Gasteiger partial charge in [-0.3, -0.25) is 0 Å². The fourth-order valence-corrected chi connectivity index (χ4v) is 6.88. The Morgan fingerprint density at radius 2 is 1.43 bits per heavy atom. The Hall–Kier alpha value is -0.0800. The minimum Gasteiger partial charge on any atom is -0.328 e. The second kappa shape index (κ2) is 5.53. The van der Waals surface area contributed by atoms with Crippen LogP contribution in [-0.2, 0) is 0 Å². The van der Waals surface area contributed by atoms with Gasteiger partial charge < -0.3 is 10.6 Å². The van der Waals surface area contributed by atoms with Crippen molar-refractivity contribution in [3.8, 4) is 0 Å². The van der Waals surface area contributed by atoms with Crippen LogP contribution in [0.15, 0.2) is 0 Å². The molecule has 0 saturated heterocycles. The molecule has 0 radical (unpaired) electrons. The summed E-state index contributed by atoms with van der Waals surface area (Å²) in [6, 6.07) is 1.32. The first-order chi connectivity index (χ1) is 10.2. The lowest BCUT2D eigenvalue weighted by Crippen LogP contribution is -2.53. The molecule has 4 bridgehead atoms. The molecule has 0 amide bonds. The predicted octanol–water partition coefficient (Wildman–Crippen LogP) is 3.79. The van der Waals surface area contributed by atoms with Crippen molar-refractivity contribution >= 4 is 0 Å². The summed E-state index contributed by atoms with van der Waals surface area (Å²) >= 11 is 0. The van der Waals surface area contributed by atoms with Gasteiger partial charge in [-0.25, -0.2) is 0 Å². The molecule has 21 heavy (non-hydrogen) atoms. The van der Waals surface area contributed by atoms with E-state index in [1.807, 2.05) is 0 Å². The Morgan fingerprint density at radius 3 is 1.90 bits per heavy atom. The summed E-state index contributed by atoms with van der Waals surface area (Å²) in [5.74, 6) is 3.28. The largest absolute Gasteiger partial charge is 0.328 e. The molecular weight excluding hydrogens is 256 g/mol. The van der Waals surface area contributed by atoms with Gasteiger partial charge >= 0.3 is 0 Å². The van der Waals surface area contributed by atoms with Crippen LogP contribution in [0.5, 0.6) is 0 Å². The minimum atomic E-state index is 0.486. The van der Waals surface area contributed by atoms with Crippen molar-refractivity contribution in [3.63, 3.8) is 0 Å².